The number of unbranched alkanes of at least 4 members (excludes halogenated alkanes) is 7. The summed E-state index contributed by atoms with van der Waals surface area (Å²) in [5, 5.41) is 10.2. The number of hydrogen-bond donors (Lipinski definition) is 1. The van der Waals surface area contributed by atoms with Crippen LogP contribution in [-0.4, -0.2) is 9.94 Å². The van der Waals surface area contributed by atoms with Crippen LogP contribution in [0.5, 0.6) is 0 Å². The van der Waals surface area contributed by atoms with Crippen LogP contribution in [0.1, 0.15) is 80.8 Å². The molecule has 0 bridgehead atoms. The van der Waals surface area contributed by atoms with Crippen molar-refractivity contribution in [2.24, 2.45) is 0 Å². The molecule has 0 saturated carbocycles. The van der Waals surface area contributed by atoms with Crippen molar-refractivity contribution in [1.29, 1.82) is 0 Å². The average Bonchev–Trinajstić information content (AvgIpc) is 2.49. The zero-order valence-corrected chi connectivity index (χ0v) is 14.2. The Morgan fingerprint density at radius 2 is 1.38 bits per heavy atom. The highest BCUT2D eigenvalue weighted by molar-refractivity contribution is 5.29. The fourth-order valence-electron chi connectivity index (χ4n) is 2.82. The molecule has 0 atom stereocenters. The molecule has 0 amide bonds. The molecule has 0 fully saturated rings. The van der Waals surface area contributed by atoms with Gasteiger partial charge in [-0.1, -0.05) is 51.9 Å². The molecule has 1 rings (SSSR count). The third kappa shape index (κ3) is 4.90. The fraction of sp³-hybridized carbons (Fsp3) is 0.722. The SMILES string of the molecule is CCCCCCCCCCc1c(C)c(=O)c(C)c(C)n1O. The third-order valence-corrected chi connectivity index (χ3v) is 4.50. The predicted molar refractivity (Wildman–Crippen MR) is 88.4 cm³/mol. The van der Waals surface area contributed by atoms with Crippen molar-refractivity contribution in [2.45, 2.75) is 85.5 Å². The Hall–Kier alpha value is -1.25. The van der Waals surface area contributed by atoms with Gasteiger partial charge in [0.05, 0.1) is 11.4 Å². The lowest BCUT2D eigenvalue weighted by molar-refractivity contribution is 0.165. The zero-order chi connectivity index (χ0) is 15.8. The van der Waals surface area contributed by atoms with E-state index in [1.807, 2.05) is 6.92 Å². The molecule has 0 spiro atoms. The summed E-state index contributed by atoms with van der Waals surface area (Å²) in [4.78, 5) is 12.1. The monoisotopic (exact) mass is 293 g/mol. The lowest BCUT2D eigenvalue weighted by atomic mass is 10.0. The first-order valence-electron chi connectivity index (χ1n) is 8.41. The fourth-order valence-corrected chi connectivity index (χ4v) is 2.82. The first kappa shape index (κ1) is 17.8. The topological polar surface area (TPSA) is 42.2 Å². The van der Waals surface area contributed by atoms with Gasteiger partial charge in [0.1, 0.15) is 0 Å². The van der Waals surface area contributed by atoms with Crippen molar-refractivity contribution in [1.82, 2.24) is 4.73 Å². The second-order valence-corrected chi connectivity index (χ2v) is 6.15. The van der Waals surface area contributed by atoms with Crippen LogP contribution in [0.3, 0.4) is 0 Å². The van der Waals surface area contributed by atoms with E-state index in [9.17, 15) is 10.0 Å². The van der Waals surface area contributed by atoms with Gasteiger partial charge in [-0.2, -0.15) is 4.73 Å². The Balaban J connectivity index is 2.45. The number of pyridine rings is 1. The summed E-state index contributed by atoms with van der Waals surface area (Å²) in [6.07, 6.45) is 10.9. The van der Waals surface area contributed by atoms with E-state index in [0.717, 1.165) is 18.5 Å². The summed E-state index contributed by atoms with van der Waals surface area (Å²) in [6, 6.07) is 0. The molecule has 1 heterocycles. The maximum Gasteiger partial charge on any atom is 0.188 e. The van der Waals surface area contributed by atoms with E-state index in [-0.39, 0.29) is 5.43 Å². The largest absolute Gasteiger partial charge is 0.428 e. The molecular formula is C18H31NO2. The molecule has 0 aliphatic heterocycles. The molecule has 0 aromatic carbocycles. The van der Waals surface area contributed by atoms with E-state index >= 15 is 0 Å². The number of aromatic nitrogens is 1. The van der Waals surface area contributed by atoms with Gasteiger partial charge in [0.15, 0.2) is 5.43 Å². The quantitative estimate of drug-likeness (QED) is 0.530. The van der Waals surface area contributed by atoms with Crippen LogP contribution >= 0.6 is 0 Å². The van der Waals surface area contributed by atoms with Crippen LogP contribution in [0.2, 0.25) is 0 Å². The van der Waals surface area contributed by atoms with Crippen molar-refractivity contribution in [3.8, 4) is 0 Å². The van der Waals surface area contributed by atoms with Crippen molar-refractivity contribution in [3.05, 3.63) is 32.7 Å². The Morgan fingerprint density at radius 1 is 0.857 bits per heavy atom. The minimum absolute atomic E-state index is 0.0763. The number of rotatable bonds is 9. The Morgan fingerprint density at radius 3 is 1.95 bits per heavy atom. The van der Waals surface area contributed by atoms with Gasteiger partial charge in [-0.05, 0) is 33.6 Å². The van der Waals surface area contributed by atoms with Crippen molar-refractivity contribution < 1.29 is 5.21 Å². The van der Waals surface area contributed by atoms with Crippen molar-refractivity contribution in [2.75, 3.05) is 0 Å². The van der Waals surface area contributed by atoms with Crippen LogP contribution in [-0.2, 0) is 6.42 Å². The molecule has 0 aliphatic rings. The summed E-state index contributed by atoms with van der Waals surface area (Å²) in [5.41, 5.74) is 2.87. The van der Waals surface area contributed by atoms with Gasteiger partial charge in [-0.15, -0.1) is 0 Å². The van der Waals surface area contributed by atoms with Gasteiger partial charge in [0, 0.05) is 11.1 Å². The number of nitrogens with zero attached hydrogens (tertiary/aromatic N) is 1. The normalized spacial score (nSPS) is 11.0. The molecule has 0 saturated heterocycles. The summed E-state index contributed by atoms with van der Waals surface area (Å²) < 4.78 is 1.22. The lowest BCUT2D eigenvalue weighted by Crippen LogP contribution is -2.21. The van der Waals surface area contributed by atoms with Crippen molar-refractivity contribution >= 4 is 0 Å². The minimum Gasteiger partial charge on any atom is -0.428 e. The first-order chi connectivity index (χ1) is 10.0. The Kier molecular flexibility index (Phi) is 7.55. The van der Waals surface area contributed by atoms with Crippen molar-refractivity contribution in [3.63, 3.8) is 0 Å². The molecule has 0 radical (unpaired) electrons. The van der Waals surface area contributed by atoms with Crippen LogP contribution in [0, 0.1) is 20.8 Å². The van der Waals surface area contributed by atoms with E-state index < -0.39 is 0 Å². The maximum absolute atomic E-state index is 12.1. The second-order valence-electron chi connectivity index (χ2n) is 6.15. The van der Waals surface area contributed by atoms with Crippen LogP contribution < -0.4 is 5.43 Å². The van der Waals surface area contributed by atoms with Gasteiger partial charge in [0.25, 0.3) is 0 Å². The molecule has 1 aromatic heterocycles. The van der Waals surface area contributed by atoms with Gasteiger partial charge >= 0.3 is 0 Å². The molecule has 0 unspecified atom stereocenters. The highest BCUT2D eigenvalue weighted by Gasteiger charge is 2.13. The molecule has 3 heteroatoms. The molecular weight excluding hydrogens is 262 g/mol. The van der Waals surface area contributed by atoms with E-state index in [1.54, 1.807) is 13.8 Å². The zero-order valence-electron chi connectivity index (χ0n) is 14.2. The summed E-state index contributed by atoms with van der Waals surface area (Å²) in [6.45, 7) is 7.63. The first-order valence-corrected chi connectivity index (χ1v) is 8.41. The third-order valence-electron chi connectivity index (χ3n) is 4.50. The second kappa shape index (κ2) is 8.91. The van der Waals surface area contributed by atoms with Gasteiger partial charge in [-0.3, -0.25) is 4.79 Å². The minimum atomic E-state index is 0.0763. The molecule has 21 heavy (non-hydrogen) atoms. The van der Waals surface area contributed by atoms with Gasteiger partial charge in [-0.25, -0.2) is 0 Å². The van der Waals surface area contributed by atoms with E-state index in [4.69, 9.17) is 0 Å². The van der Waals surface area contributed by atoms with E-state index in [0.29, 0.717) is 16.8 Å². The standard InChI is InChI=1S/C18H31NO2/c1-5-6-7-8-9-10-11-12-13-17-15(3)18(20)14(2)16(4)19(17)21/h21H,5-13H2,1-4H3. The smallest absolute Gasteiger partial charge is 0.188 e. The highest BCUT2D eigenvalue weighted by atomic mass is 16.5. The maximum atomic E-state index is 12.1. The van der Waals surface area contributed by atoms with Crippen LogP contribution in [0.15, 0.2) is 4.79 Å². The average molecular weight is 293 g/mol. The molecule has 1 aromatic rings. The Labute approximate surface area is 129 Å². The molecule has 3 nitrogen and oxygen atoms in total. The van der Waals surface area contributed by atoms with Crippen LogP contribution in [0.25, 0.3) is 0 Å². The molecule has 0 aliphatic carbocycles. The summed E-state index contributed by atoms with van der Waals surface area (Å²) in [5.74, 6) is 0. The van der Waals surface area contributed by atoms with Gasteiger partial charge in [0.2, 0.25) is 0 Å². The molecule has 1 N–H and O–H groups in total. The summed E-state index contributed by atoms with van der Waals surface area (Å²) >= 11 is 0. The van der Waals surface area contributed by atoms with Crippen LogP contribution in [0.4, 0.5) is 0 Å². The summed E-state index contributed by atoms with van der Waals surface area (Å²) in [7, 11) is 0. The van der Waals surface area contributed by atoms with E-state index in [2.05, 4.69) is 6.92 Å². The predicted octanol–water partition coefficient (Wildman–Crippen LogP) is 4.69. The molecule has 120 valence electrons. The lowest BCUT2D eigenvalue weighted by Gasteiger charge is -2.15. The van der Waals surface area contributed by atoms with E-state index in [1.165, 1.54) is 49.7 Å². The van der Waals surface area contributed by atoms with Gasteiger partial charge < -0.3 is 5.21 Å². The Bertz CT molecular complexity index is 503. The highest BCUT2D eigenvalue weighted by Crippen LogP contribution is 2.14. The number of hydrogen-bond acceptors (Lipinski definition) is 2.